The maximum Gasteiger partial charge on any atom is 0.223 e. The molecule has 1 aliphatic rings. The Morgan fingerprint density at radius 2 is 1.95 bits per heavy atom. The fraction of sp³-hybridized carbons (Fsp3) is 0.611. The molecule has 1 saturated carbocycles. The van der Waals surface area contributed by atoms with Crippen LogP contribution in [0.25, 0.3) is 0 Å². The molecule has 2 nitrogen and oxygen atoms in total. The second kappa shape index (κ2) is 9.14. The number of amides is 1. The zero-order valence-electron chi connectivity index (χ0n) is 13.1. The molecule has 0 saturated heterocycles. The van der Waals surface area contributed by atoms with Crippen molar-refractivity contribution in [1.29, 1.82) is 0 Å². The molecule has 0 aliphatic heterocycles. The Morgan fingerprint density at radius 1 is 1.24 bits per heavy atom. The smallest absolute Gasteiger partial charge is 0.223 e. The number of benzene rings is 1. The van der Waals surface area contributed by atoms with Crippen molar-refractivity contribution in [3.05, 3.63) is 35.9 Å². The van der Waals surface area contributed by atoms with Crippen LogP contribution in [0.3, 0.4) is 0 Å². The lowest BCUT2D eigenvalue weighted by Crippen LogP contribution is -2.40. The summed E-state index contributed by atoms with van der Waals surface area (Å²) in [6.45, 7) is 3.03. The van der Waals surface area contributed by atoms with Gasteiger partial charge in [0.25, 0.3) is 0 Å². The van der Waals surface area contributed by atoms with Crippen molar-refractivity contribution in [2.75, 3.05) is 18.1 Å². The van der Waals surface area contributed by atoms with Gasteiger partial charge >= 0.3 is 0 Å². The number of hydrogen-bond acceptors (Lipinski definition) is 2. The van der Waals surface area contributed by atoms with E-state index in [2.05, 4.69) is 36.1 Å². The van der Waals surface area contributed by atoms with E-state index >= 15 is 0 Å². The zero-order valence-corrected chi connectivity index (χ0v) is 13.9. The number of nitrogens with zero attached hydrogens (tertiary/aromatic N) is 1. The average Bonchev–Trinajstić information content (AvgIpc) is 3.03. The van der Waals surface area contributed by atoms with E-state index in [9.17, 15) is 4.79 Å². The minimum Gasteiger partial charge on any atom is -0.339 e. The number of rotatable bonds is 8. The third-order valence-electron chi connectivity index (χ3n) is 4.23. The summed E-state index contributed by atoms with van der Waals surface area (Å²) in [5.74, 6) is 2.42. The summed E-state index contributed by atoms with van der Waals surface area (Å²) < 4.78 is 0. The van der Waals surface area contributed by atoms with E-state index in [0.717, 1.165) is 24.5 Å². The van der Waals surface area contributed by atoms with Crippen molar-refractivity contribution in [2.45, 2.75) is 51.5 Å². The second-order valence-electron chi connectivity index (χ2n) is 5.71. The van der Waals surface area contributed by atoms with Crippen LogP contribution in [-0.2, 0) is 11.2 Å². The van der Waals surface area contributed by atoms with Crippen LogP contribution in [0.2, 0.25) is 0 Å². The maximum atomic E-state index is 12.5. The highest BCUT2D eigenvalue weighted by atomic mass is 32.2. The van der Waals surface area contributed by atoms with Gasteiger partial charge in [0, 0.05) is 24.8 Å². The van der Waals surface area contributed by atoms with Gasteiger partial charge < -0.3 is 4.90 Å². The predicted molar refractivity (Wildman–Crippen MR) is 91.7 cm³/mol. The fourth-order valence-corrected chi connectivity index (χ4v) is 3.68. The van der Waals surface area contributed by atoms with Crippen LogP contribution >= 0.6 is 11.8 Å². The Kier molecular flexibility index (Phi) is 7.14. The van der Waals surface area contributed by atoms with Gasteiger partial charge in [0.1, 0.15) is 0 Å². The van der Waals surface area contributed by atoms with Crippen LogP contribution in [-0.4, -0.2) is 34.9 Å². The minimum absolute atomic E-state index is 0.360. The second-order valence-corrected chi connectivity index (χ2v) is 7.10. The highest BCUT2D eigenvalue weighted by Crippen LogP contribution is 2.24. The van der Waals surface area contributed by atoms with E-state index in [1.165, 1.54) is 31.2 Å². The Balaban J connectivity index is 1.90. The highest BCUT2D eigenvalue weighted by Gasteiger charge is 2.25. The van der Waals surface area contributed by atoms with E-state index in [0.29, 0.717) is 18.4 Å². The molecule has 0 unspecified atom stereocenters. The third kappa shape index (κ3) is 5.39. The molecule has 21 heavy (non-hydrogen) atoms. The highest BCUT2D eigenvalue weighted by molar-refractivity contribution is 7.99. The van der Waals surface area contributed by atoms with Crippen LogP contribution in [0.5, 0.6) is 0 Å². The first-order valence-corrected chi connectivity index (χ1v) is 9.38. The minimum atomic E-state index is 0.360. The van der Waals surface area contributed by atoms with Gasteiger partial charge in [0.15, 0.2) is 0 Å². The van der Waals surface area contributed by atoms with Crippen molar-refractivity contribution in [1.82, 2.24) is 4.90 Å². The molecule has 3 heteroatoms. The molecule has 2 rings (SSSR count). The van der Waals surface area contributed by atoms with Gasteiger partial charge in [-0.15, -0.1) is 0 Å². The molecule has 0 aromatic heterocycles. The van der Waals surface area contributed by atoms with Crippen molar-refractivity contribution < 1.29 is 4.79 Å². The summed E-state index contributed by atoms with van der Waals surface area (Å²) in [4.78, 5) is 14.7. The maximum absolute atomic E-state index is 12.5. The van der Waals surface area contributed by atoms with Crippen LogP contribution < -0.4 is 0 Å². The summed E-state index contributed by atoms with van der Waals surface area (Å²) in [5, 5.41) is 0. The van der Waals surface area contributed by atoms with E-state index < -0.39 is 0 Å². The van der Waals surface area contributed by atoms with Crippen LogP contribution in [0, 0.1) is 0 Å². The largest absolute Gasteiger partial charge is 0.339 e. The van der Waals surface area contributed by atoms with Crippen LogP contribution in [0.4, 0.5) is 0 Å². The number of carbonyl (C=O) groups is 1. The molecule has 0 spiro atoms. The number of thioether (sulfide) groups is 1. The Morgan fingerprint density at radius 3 is 2.62 bits per heavy atom. The Labute approximate surface area is 133 Å². The van der Waals surface area contributed by atoms with Crippen molar-refractivity contribution in [3.63, 3.8) is 0 Å². The molecule has 116 valence electrons. The third-order valence-corrected chi connectivity index (χ3v) is 5.14. The van der Waals surface area contributed by atoms with E-state index in [1.807, 2.05) is 17.8 Å². The molecule has 0 heterocycles. The molecule has 0 N–H and O–H groups in total. The first-order valence-electron chi connectivity index (χ1n) is 8.22. The molecule has 1 amide bonds. The summed E-state index contributed by atoms with van der Waals surface area (Å²) in [6.07, 6.45) is 6.63. The Hall–Kier alpha value is -0.960. The van der Waals surface area contributed by atoms with Gasteiger partial charge in [0.05, 0.1) is 0 Å². The van der Waals surface area contributed by atoms with Crippen molar-refractivity contribution >= 4 is 17.7 Å². The monoisotopic (exact) mass is 305 g/mol. The quantitative estimate of drug-likeness (QED) is 0.673. The molecular formula is C18H27NOS. The number of hydrogen-bond donors (Lipinski definition) is 0. The van der Waals surface area contributed by atoms with Crippen LogP contribution in [0.15, 0.2) is 30.3 Å². The zero-order chi connectivity index (χ0) is 14.9. The summed E-state index contributed by atoms with van der Waals surface area (Å²) in [7, 11) is 0. The van der Waals surface area contributed by atoms with E-state index in [4.69, 9.17) is 0 Å². The fourth-order valence-electron chi connectivity index (χ4n) is 3.07. The van der Waals surface area contributed by atoms with Gasteiger partial charge in [-0.2, -0.15) is 11.8 Å². The van der Waals surface area contributed by atoms with Gasteiger partial charge in [-0.25, -0.2) is 0 Å². The predicted octanol–water partition coefficient (Wildman–Crippen LogP) is 4.14. The lowest BCUT2D eigenvalue weighted by molar-refractivity contribution is -0.132. The Bertz CT molecular complexity index is 414. The first-order chi connectivity index (χ1) is 10.3. The summed E-state index contributed by atoms with van der Waals surface area (Å²) in [5.41, 5.74) is 1.33. The summed E-state index contributed by atoms with van der Waals surface area (Å²) >= 11 is 1.86. The normalized spacial score (nSPS) is 15.3. The molecule has 0 bridgehead atoms. The molecule has 0 atom stereocenters. The molecule has 1 fully saturated rings. The van der Waals surface area contributed by atoms with E-state index in [1.54, 1.807) is 0 Å². The van der Waals surface area contributed by atoms with Crippen molar-refractivity contribution in [2.24, 2.45) is 0 Å². The van der Waals surface area contributed by atoms with Crippen LogP contribution in [0.1, 0.15) is 44.6 Å². The van der Waals surface area contributed by atoms with Crippen molar-refractivity contribution in [3.8, 4) is 0 Å². The molecule has 1 aliphatic carbocycles. The first kappa shape index (κ1) is 16.4. The lowest BCUT2D eigenvalue weighted by atomic mass is 10.1. The lowest BCUT2D eigenvalue weighted by Gasteiger charge is -2.29. The topological polar surface area (TPSA) is 20.3 Å². The van der Waals surface area contributed by atoms with Gasteiger partial charge in [-0.1, -0.05) is 50.1 Å². The molecule has 1 aromatic carbocycles. The molecule has 1 aromatic rings. The summed E-state index contributed by atoms with van der Waals surface area (Å²) in [6, 6.07) is 11.0. The average molecular weight is 305 g/mol. The number of carbonyl (C=O) groups excluding carboxylic acids is 1. The molecule has 0 radical (unpaired) electrons. The standard InChI is InChI=1S/C18H27NOS/c1-2-21-15-13-18(20)19(17-10-6-7-11-17)14-12-16-8-4-3-5-9-16/h3-5,8-9,17H,2,6-7,10-15H2,1H3. The SMILES string of the molecule is CCSCCC(=O)N(CCc1ccccc1)C1CCCC1. The van der Waals surface area contributed by atoms with E-state index in [-0.39, 0.29) is 0 Å². The van der Waals surface area contributed by atoms with Gasteiger partial charge in [-0.05, 0) is 30.6 Å². The molecular weight excluding hydrogens is 278 g/mol. The van der Waals surface area contributed by atoms with Gasteiger partial charge in [-0.3, -0.25) is 4.79 Å². The van der Waals surface area contributed by atoms with Gasteiger partial charge in [0.2, 0.25) is 5.91 Å².